The van der Waals surface area contributed by atoms with E-state index in [2.05, 4.69) is 21.2 Å². The molecule has 0 saturated carbocycles. The molecule has 6 heteroatoms. The molecule has 1 atom stereocenters. The summed E-state index contributed by atoms with van der Waals surface area (Å²) in [6, 6.07) is 14.5. The lowest BCUT2D eigenvalue weighted by molar-refractivity contribution is 0.598. The second-order valence-corrected chi connectivity index (χ2v) is 6.97. The Kier molecular flexibility index (Phi) is 4.47. The number of primary sulfonamides is 1. The summed E-state index contributed by atoms with van der Waals surface area (Å²) < 4.78 is 23.4. The molecule has 3 N–H and O–H groups in total. The van der Waals surface area contributed by atoms with E-state index in [1.807, 2.05) is 31.2 Å². The van der Waals surface area contributed by atoms with Crippen LogP contribution in [0.4, 0.5) is 5.69 Å². The van der Waals surface area contributed by atoms with Crippen LogP contribution in [0, 0.1) is 0 Å². The SMILES string of the molecule is CC(Nc1ccc(S(N)(=O)=O)cc1)c1cccc(Br)c1. The molecule has 2 rings (SSSR count). The van der Waals surface area contributed by atoms with E-state index in [1.54, 1.807) is 12.1 Å². The number of halogens is 1. The minimum absolute atomic E-state index is 0.104. The molecular weight excluding hydrogens is 340 g/mol. The second-order valence-electron chi connectivity index (χ2n) is 4.49. The molecule has 0 aromatic heterocycles. The minimum Gasteiger partial charge on any atom is -0.379 e. The van der Waals surface area contributed by atoms with Crippen molar-refractivity contribution in [3.8, 4) is 0 Å². The van der Waals surface area contributed by atoms with Crippen LogP contribution in [0.3, 0.4) is 0 Å². The Labute approximate surface area is 127 Å². The van der Waals surface area contributed by atoms with Crippen molar-refractivity contribution in [2.75, 3.05) is 5.32 Å². The van der Waals surface area contributed by atoms with Gasteiger partial charge in [-0.2, -0.15) is 0 Å². The second kappa shape index (κ2) is 5.95. The van der Waals surface area contributed by atoms with Crippen LogP contribution >= 0.6 is 15.9 Å². The van der Waals surface area contributed by atoms with Crippen LogP contribution in [0.25, 0.3) is 0 Å². The molecule has 0 amide bonds. The third-order valence-electron chi connectivity index (χ3n) is 2.91. The van der Waals surface area contributed by atoms with Gasteiger partial charge in [0.1, 0.15) is 0 Å². The summed E-state index contributed by atoms with van der Waals surface area (Å²) in [5.41, 5.74) is 1.97. The Morgan fingerprint density at radius 3 is 2.35 bits per heavy atom. The largest absolute Gasteiger partial charge is 0.379 e. The predicted octanol–water partition coefficient (Wildman–Crippen LogP) is 3.27. The van der Waals surface area contributed by atoms with Crippen molar-refractivity contribution >= 4 is 31.6 Å². The Hall–Kier alpha value is -1.37. The molecular formula is C14H15BrN2O2S. The highest BCUT2D eigenvalue weighted by Crippen LogP contribution is 2.22. The molecule has 0 heterocycles. The molecule has 4 nitrogen and oxygen atoms in total. The molecule has 0 aliphatic rings. The van der Waals surface area contributed by atoms with Crippen LogP contribution in [-0.2, 0) is 10.0 Å². The van der Waals surface area contributed by atoms with Gasteiger partial charge in [0, 0.05) is 16.2 Å². The number of hydrogen-bond donors (Lipinski definition) is 2. The third-order valence-corrected chi connectivity index (χ3v) is 4.34. The first-order valence-electron chi connectivity index (χ1n) is 6.01. The van der Waals surface area contributed by atoms with Gasteiger partial charge in [0.2, 0.25) is 10.0 Å². The predicted molar refractivity (Wildman–Crippen MR) is 84.0 cm³/mol. The maximum Gasteiger partial charge on any atom is 0.238 e. The summed E-state index contributed by atoms with van der Waals surface area (Å²) in [5, 5.41) is 8.37. The van der Waals surface area contributed by atoms with Crippen molar-refractivity contribution in [3.05, 3.63) is 58.6 Å². The smallest absolute Gasteiger partial charge is 0.238 e. The van der Waals surface area contributed by atoms with Gasteiger partial charge in [-0.1, -0.05) is 28.1 Å². The van der Waals surface area contributed by atoms with E-state index in [-0.39, 0.29) is 10.9 Å². The summed E-state index contributed by atoms with van der Waals surface area (Å²) in [5.74, 6) is 0. The van der Waals surface area contributed by atoms with Crippen molar-refractivity contribution in [1.82, 2.24) is 0 Å². The molecule has 2 aromatic rings. The van der Waals surface area contributed by atoms with Crippen LogP contribution in [0.5, 0.6) is 0 Å². The summed E-state index contributed by atoms with van der Waals surface area (Å²) in [6.07, 6.45) is 0. The summed E-state index contributed by atoms with van der Waals surface area (Å²) in [4.78, 5) is 0.109. The summed E-state index contributed by atoms with van der Waals surface area (Å²) in [7, 11) is -3.64. The fourth-order valence-corrected chi connectivity index (χ4v) is 2.78. The van der Waals surface area contributed by atoms with E-state index in [0.29, 0.717) is 0 Å². The van der Waals surface area contributed by atoms with Crippen molar-refractivity contribution in [1.29, 1.82) is 0 Å². The zero-order valence-electron chi connectivity index (χ0n) is 10.9. The highest BCUT2D eigenvalue weighted by molar-refractivity contribution is 9.10. The third kappa shape index (κ3) is 3.82. The topological polar surface area (TPSA) is 72.2 Å². The molecule has 0 bridgehead atoms. The quantitative estimate of drug-likeness (QED) is 0.884. The molecule has 106 valence electrons. The zero-order valence-corrected chi connectivity index (χ0v) is 13.3. The van der Waals surface area contributed by atoms with E-state index < -0.39 is 10.0 Å². The first kappa shape index (κ1) is 15.0. The van der Waals surface area contributed by atoms with Gasteiger partial charge < -0.3 is 5.32 Å². The maximum absolute atomic E-state index is 11.2. The van der Waals surface area contributed by atoms with Gasteiger partial charge in [0.15, 0.2) is 0 Å². The lowest BCUT2D eigenvalue weighted by atomic mass is 10.1. The lowest BCUT2D eigenvalue weighted by Gasteiger charge is -2.16. The number of sulfonamides is 1. The van der Waals surface area contributed by atoms with Gasteiger partial charge in [0.05, 0.1) is 4.90 Å². The van der Waals surface area contributed by atoms with Crippen molar-refractivity contribution in [2.45, 2.75) is 17.9 Å². The zero-order chi connectivity index (χ0) is 14.8. The van der Waals surface area contributed by atoms with Crippen molar-refractivity contribution < 1.29 is 8.42 Å². The number of nitrogens with one attached hydrogen (secondary N) is 1. The Balaban J connectivity index is 2.14. The average molecular weight is 355 g/mol. The molecule has 0 aliphatic heterocycles. The van der Waals surface area contributed by atoms with E-state index in [9.17, 15) is 8.42 Å². The van der Waals surface area contributed by atoms with E-state index in [0.717, 1.165) is 15.7 Å². The first-order chi connectivity index (χ1) is 9.36. The number of rotatable bonds is 4. The molecule has 0 aliphatic carbocycles. The van der Waals surface area contributed by atoms with Gasteiger partial charge in [-0.25, -0.2) is 13.6 Å². The van der Waals surface area contributed by atoms with Gasteiger partial charge in [-0.3, -0.25) is 0 Å². The Morgan fingerprint density at radius 1 is 1.15 bits per heavy atom. The van der Waals surface area contributed by atoms with Gasteiger partial charge in [0.25, 0.3) is 0 Å². The fourth-order valence-electron chi connectivity index (χ4n) is 1.85. The number of anilines is 1. The molecule has 0 spiro atoms. The minimum atomic E-state index is -3.64. The summed E-state index contributed by atoms with van der Waals surface area (Å²) in [6.45, 7) is 2.04. The molecule has 20 heavy (non-hydrogen) atoms. The van der Waals surface area contributed by atoms with Gasteiger partial charge >= 0.3 is 0 Å². The summed E-state index contributed by atoms with van der Waals surface area (Å²) >= 11 is 3.44. The van der Waals surface area contributed by atoms with Crippen LogP contribution in [0.1, 0.15) is 18.5 Å². The Bertz CT molecular complexity index is 699. The maximum atomic E-state index is 11.2. The molecule has 0 radical (unpaired) electrons. The number of benzene rings is 2. The van der Waals surface area contributed by atoms with E-state index >= 15 is 0 Å². The number of hydrogen-bond acceptors (Lipinski definition) is 3. The van der Waals surface area contributed by atoms with Crippen LogP contribution in [0.2, 0.25) is 0 Å². The first-order valence-corrected chi connectivity index (χ1v) is 8.35. The lowest BCUT2D eigenvalue weighted by Crippen LogP contribution is -2.12. The van der Waals surface area contributed by atoms with Crippen LogP contribution in [0.15, 0.2) is 57.9 Å². The standard InChI is InChI=1S/C14H15BrN2O2S/c1-10(11-3-2-4-12(15)9-11)17-13-5-7-14(8-6-13)20(16,18)19/h2-10,17H,1H3,(H2,16,18,19). The molecule has 1 unspecified atom stereocenters. The van der Waals surface area contributed by atoms with Crippen molar-refractivity contribution in [2.24, 2.45) is 5.14 Å². The molecule has 2 aromatic carbocycles. The van der Waals surface area contributed by atoms with Crippen molar-refractivity contribution in [3.63, 3.8) is 0 Å². The average Bonchev–Trinajstić information content (AvgIpc) is 2.38. The van der Waals surface area contributed by atoms with E-state index in [1.165, 1.54) is 12.1 Å². The Morgan fingerprint density at radius 2 is 1.80 bits per heavy atom. The number of nitrogens with two attached hydrogens (primary N) is 1. The molecule has 0 fully saturated rings. The highest BCUT2D eigenvalue weighted by atomic mass is 79.9. The highest BCUT2D eigenvalue weighted by Gasteiger charge is 2.09. The van der Waals surface area contributed by atoms with Crippen LogP contribution < -0.4 is 10.5 Å². The van der Waals surface area contributed by atoms with Crippen LogP contribution in [-0.4, -0.2) is 8.42 Å². The fraction of sp³-hybridized carbons (Fsp3) is 0.143. The van der Waals surface area contributed by atoms with E-state index in [4.69, 9.17) is 5.14 Å². The normalized spacial score (nSPS) is 12.9. The van der Waals surface area contributed by atoms with Gasteiger partial charge in [-0.15, -0.1) is 0 Å². The molecule has 0 saturated heterocycles. The monoisotopic (exact) mass is 354 g/mol. The van der Waals surface area contributed by atoms with Gasteiger partial charge in [-0.05, 0) is 48.9 Å².